The van der Waals surface area contributed by atoms with E-state index in [0.717, 1.165) is 30.9 Å². The SMILES string of the molecule is Cc1cccc(CN(C(=O)CN(c2cc(C)ccc2C)S(=O)(=O)N(C)C)C(C)C(=O)NC(C)C)c1. The number of carbonyl (C=O) groups excluding carboxylic acids is 2. The normalized spacial score (nSPS) is 12.5. The van der Waals surface area contributed by atoms with Crippen molar-refractivity contribution in [2.75, 3.05) is 24.9 Å². The minimum absolute atomic E-state index is 0.0959. The van der Waals surface area contributed by atoms with Crippen LogP contribution < -0.4 is 9.62 Å². The van der Waals surface area contributed by atoms with Crippen LogP contribution >= 0.6 is 0 Å². The number of anilines is 1. The second-order valence-corrected chi connectivity index (χ2v) is 11.5. The van der Waals surface area contributed by atoms with Crippen LogP contribution in [0, 0.1) is 20.8 Å². The van der Waals surface area contributed by atoms with Gasteiger partial charge in [0.25, 0.3) is 0 Å². The first-order valence-corrected chi connectivity index (χ1v) is 13.1. The highest BCUT2D eigenvalue weighted by Crippen LogP contribution is 2.26. The van der Waals surface area contributed by atoms with Gasteiger partial charge >= 0.3 is 10.2 Å². The average Bonchev–Trinajstić information content (AvgIpc) is 2.76. The minimum atomic E-state index is -3.99. The van der Waals surface area contributed by atoms with E-state index in [4.69, 9.17) is 0 Å². The Morgan fingerprint density at radius 2 is 1.57 bits per heavy atom. The largest absolute Gasteiger partial charge is 0.352 e. The monoisotopic (exact) mass is 502 g/mol. The number of aryl methyl sites for hydroxylation is 3. The number of hydrogen-bond acceptors (Lipinski definition) is 4. The molecule has 9 heteroatoms. The van der Waals surface area contributed by atoms with Crippen LogP contribution in [0.1, 0.15) is 43.0 Å². The standard InChI is InChI=1S/C26H38N4O4S/c1-18(2)27-26(32)22(6)29(16-23-11-9-10-19(3)14-23)25(31)17-30(35(33,34)28(7)8)24-15-20(4)12-13-21(24)5/h9-15,18,22H,16-17H2,1-8H3,(H,27,32). The van der Waals surface area contributed by atoms with Crippen molar-refractivity contribution in [3.05, 3.63) is 64.7 Å². The lowest BCUT2D eigenvalue weighted by Gasteiger charge is -2.33. The van der Waals surface area contributed by atoms with E-state index >= 15 is 0 Å². The number of hydrogen-bond donors (Lipinski definition) is 1. The summed E-state index contributed by atoms with van der Waals surface area (Å²) >= 11 is 0. The van der Waals surface area contributed by atoms with Crippen LogP contribution in [0.4, 0.5) is 5.69 Å². The summed E-state index contributed by atoms with van der Waals surface area (Å²) in [5, 5.41) is 2.85. The van der Waals surface area contributed by atoms with Crippen LogP contribution in [-0.2, 0) is 26.3 Å². The molecule has 2 aromatic rings. The summed E-state index contributed by atoms with van der Waals surface area (Å²) < 4.78 is 28.8. The van der Waals surface area contributed by atoms with Crippen LogP contribution in [0.25, 0.3) is 0 Å². The van der Waals surface area contributed by atoms with Crippen molar-refractivity contribution >= 4 is 27.7 Å². The zero-order chi connectivity index (χ0) is 26.5. The average molecular weight is 503 g/mol. The fraction of sp³-hybridized carbons (Fsp3) is 0.462. The van der Waals surface area contributed by atoms with E-state index in [1.807, 2.05) is 64.1 Å². The third kappa shape index (κ3) is 7.29. The quantitative estimate of drug-likeness (QED) is 0.540. The van der Waals surface area contributed by atoms with Crippen molar-refractivity contribution in [3.8, 4) is 0 Å². The Labute approximate surface area is 210 Å². The number of benzene rings is 2. The summed E-state index contributed by atoms with van der Waals surface area (Å²) in [5.74, 6) is -0.765. The number of amides is 2. The van der Waals surface area contributed by atoms with Gasteiger partial charge in [-0.1, -0.05) is 42.0 Å². The van der Waals surface area contributed by atoms with Crippen molar-refractivity contribution in [2.24, 2.45) is 0 Å². The first kappa shape index (κ1) is 28.3. The number of nitrogens with zero attached hydrogens (tertiary/aromatic N) is 3. The zero-order valence-electron chi connectivity index (χ0n) is 22.0. The van der Waals surface area contributed by atoms with Gasteiger partial charge in [0.2, 0.25) is 11.8 Å². The van der Waals surface area contributed by atoms with E-state index in [1.165, 1.54) is 19.0 Å². The second-order valence-electron chi connectivity index (χ2n) is 9.44. The molecular weight excluding hydrogens is 464 g/mol. The van der Waals surface area contributed by atoms with Gasteiger partial charge < -0.3 is 10.2 Å². The van der Waals surface area contributed by atoms with Crippen LogP contribution in [0.3, 0.4) is 0 Å². The lowest BCUT2D eigenvalue weighted by Crippen LogP contribution is -2.53. The van der Waals surface area contributed by atoms with Crippen LogP contribution in [0.5, 0.6) is 0 Å². The van der Waals surface area contributed by atoms with Gasteiger partial charge in [0, 0.05) is 26.7 Å². The molecule has 0 bridgehead atoms. The lowest BCUT2D eigenvalue weighted by atomic mass is 10.1. The number of rotatable bonds is 10. The molecule has 0 aliphatic rings. The van der Waals surface area contributed by atoms with E-state index in [1.54, 1.807) is 19.9 Å². The predicted octanol–water partition coefficient (Wildman–Crippen LogP) is 3.17. The molecule has 2 amide bonds. The summed E-state index contributed by atoms with van der Waals surface area (Å²) in [6.45, 7) is 10.7. The molecule has 1 unspecified atom stereocenters. The molecule has 2 rings (SSSR count). The smallest absolute Gasteiger partial charge is 0.304 e. The van der Waals surface area contributed by atoms with Crippen molar-refractivity contribution in [3.63, 3.8) is 0 Å². The van der Waals surface area contributed by atoms with E-state index in [-0.39, 0.29) is 18.5 Å². The molecule has 1 atom stereocenters. The molecule has 0 heterocycles. The van der Waals surface area contributed by atoms with Gasteiger partial charge in [0.1, 0.15) is 12.6 Å². The van der Waals surface area contributed by atoms with Crippen LogP contribution in [-0.4, -0.2) is 62.2 Å². The van der Waals surface area contributed by atoms with Crippen molar-refractivity contribution < 1.29 is 18.0 Å². The molecule has 0 aliphatic carbocycles. The molecule has 0 fully saturated rings. The van der Waals surface area contributed by atoms with Crippen LogP contribution in [0.2, 0.25) is 0 Å². The fourth-order valence-electron chi connectivity index (χ4n) is 3.68. The van der Waals surface area contributed by atoms with Gasteiger partial charge in [-0.15, -0.1) is 0 Å². The molecule has 0 spiro atoms. The molecule has 0 saturated heterocycles. The fourth-order valence-corrected chi connectivity index (χ4v) is 4.80. The van der Waals surface area contributed by atoms with Gasteiger partial charge in [-0.05, 0) is 64.3 Å². The number of carbonyl (C=O) groups is 2. The zero-order valence-corrected chi connectivity index (χ0v) is 22.8. The van der Waals surface area contributed by atoms with E-state index in [9.17, 15) is 18.0 Å². The highest BCUT2D eigenvalue weighted by Gasteiger charge is 2.33. The van der Waals surface area contributed by atoms with Gasteiger partial charge in [-0.25, -0.2) is 4.31 Å². The minimum Gasteiger partial charge on any atom is -0.352 e. The Hall–Kier alpha value is -2.91. The molecule has 0 saturated carbocycles. The topological polar surface area (TPSA) is 90.0 Å². The van der Waals surface area contributed by atoms with Crippen molar-refractivity contribution in [2.45, 2.75) is 60.2 Å². The first-order chi connectivity index (χ1) is 16.2. The second kappa shape index (κ2) is 11.7. The van der Waals surface area contributed by atoms with Crippen LogP contribution in [0.15, 0.2) is 42.5 Å². The Balaban J connectivity index is 2.51. The summed E-state index contributed by atoms with van der Waals surface area (Å²) in [4.78, 5) is 28.0. The van der Waals surface area contributed by atoms with Gasteiger partial charge in [-0.3, -0.25) is 9.59 Å². The summed E-state index contributed by atoms with van der Waals surface area (Å²) in [5.41, 5.74) is 3.92. The maximum atomic E-state index is 13.7. The molecule has 35 heavy (non-hydrogen) atoms. The summed E-state index contributed by atoms with van der Waals surface area (Å²) in [6, 6.07) is 12.3. The Bertz CT molecular complexity index is 1160. The van der Waals surface area contributed by atoms with E-state index < -0.39 is 28.7 Å². The van der Waals surface area contributed by atoms with Gasteiger partial charge in [0.15, 0.2) is 0 Å². The van der Waals surface area contributed by atoms with Crippen molar-refractivity contribution in [1.29, 1.82) is 0 Å². The molecule has 2 aromatic carbocycles. The Kier molecular flexibility index (Phi) is 9.45. The van der Waals surface area contributed by atoms with E-state index in [0.29, 0.717) is 5.69 Å². The highest BCUT2D eigenvalue weighted by molar-refractivity contribution is 7.90. The predicted molar refractivity (Wildman–Crippen MR) is 140 cm³/mol. The van der Waals surface area contributed by atoms with Gasteiger partial charge in [-0.2, -0.15) is 12.7 Å². The van der Waals surface area contributed by atoms with Crippen molar-refractivity contribution in [1.82, 2.24) is 14.5 Å². The number of nitrogens with one attached hydrogen (secondary N) is 1. The molecule has 0 radical (unpaired) electrons. The first-order valence-electron chi connectivity index (χ1n) is 11.7. The molecule has 8 nitrogen and oxygen atoms in total. The highest BCUT2D eigenvalue weighted by atomic mass is 32.2. The Morgan fingerprint density at radius 3 is 2.14 bits per heavy atom. The lowest BCUT2D eigenvalue weighted by molar-refractivity contribution is -0.139. The molecule has 1 N–H and O–H groups in total. The molecular formula is C26H38N4O4S. The summed E-state index contributed by atoms with van der Waals surface area (Å²) in [7, 11) is -1.12. The molecule has 0 aliphatic heterocycles. The Morgan fingerprint density at radius 1 is 0.943 bits per heavy atom. The summed E-state index contributed by atoms with van der Waals surface area (Å²) in [6.07, 6.45) is 0. The maximum absolute atomic E-state index is 13.7. The third-order valence-corrected chi connectivity index (χ3v) is 7.49. The van der Waals surface area contributed by atoms with E-state index in [2.05, 4.69) is 5.32 Å². The molecule has 0 aromatic heterocycles. The maximum Gasteiger partial charge on any atom is 0.304 e. The third-order valence-electron chi connectivity index (χ3n) is 5.69. The molecule has 192 valence electrons. The van der Waals surface area contributed by atoms with Gasteiger partial charge in [0.05, 0.1) is 5.69 Å².